The number of hydrogen-bond donors (Lipinski definition) is 1. The molecule has 1 amide bonds. The summed E-state index contributed by atoms with van der Waals surface area (Å²) in [7, 11) is 0. The molecule has 3 unspecified atom stereocenters. The van der Waals surface area contributed by atoms with Gasteiger partial charge in [-0.05, 0) is 56.1 Å². The topological polar surface area (TPSA) is 51.2 Å². The lowest BCUT2D eigenvalue weighted by atomic mass is 9.85. The molecule has 2 aliphatic rings. The molecule has 1 aromatic heterocycles. The maximum absolute atomic E-state index is 12.7. The monoisotopic (exact) mass is 288 g/mol. The van der Waals surface area contributed by atoms with Gasteiger partial charge in [0, 0.05) is 6.20 Å². The molecule has 1 spiro atoms. The normalized spacial score (nSPS) is 32.0. The Morgan fingerprint density at radius 3 is 3.10 bits per heavy atom. The van der Waals surface area contributed by atoms with Crippen LogP contribution in [0.4, 0.5) is 5.69 Å². The number of anilines is 1. The number of carbonyl (C=O) groups excluding carboxylic acids is 1. The van der Waals surface area contributed by atoms with E-state index >= 15 is 0 Å². The zero-order valence-electron chi connectivity index (χ0n) is 13.1. The van der Waals surface area contributed by atoms with Crippen molar-refractivity contribution in [3.05, 3.63) is 17.8 Å². The van der Waals surface area contributed by atoms with E-state index in [0.717, 1.165) is 31.2 Å². The molecule has 4 nitrogen and oxygen atoms in total. The van der Waals surface area contributed by atoms with Crippen LogP contribution in [0.1, 0.15) is 51.5 Å². The molecule has 3 atom stereocenters. The minimum atomic E-state index is -0.722. The fourth-order valence-corrected chi connectivity index (χ4v) is 3.62. The summed E-state index contributed by atoms with van der Waals surface area (Å²) >= 11 is 0. The molecule has 2 heterocycles. The number of nitrogens with one attached hydrogen (secondary N) is 1. The van der Waals surface area contributed by atoms with Gasteiger partial charge in [0.25, 0.3) is 5.91 Å². The van der Waals surface area contributed by atoms with Gasteiger partial charge in [-0.15, -0.1) is 0 Å². The number of fused-ring (bicyclic) bond motifs is 1. The molecular formula is C17H24N2O2. The highest BCUT2D eigenvalue weighted by molar-refractivity contribution is 6.00. The maximum Gasteiger partial charge on any atom is 0.268 e. The highest BCUT2D eigenvalue weighted by atomic mass is 16.5. The van der Waals surface area contributed by atoms with Gasteiger partial charge in [-0.2, -0.15) is 0 Å². The zero-order chi connectivity index (χ0) is 15.0. The molecule has 114 valence electrons. The number of hydrogen-bond acceptors (Lipinski definition) is 3. The number of nitrogens with zero attached hydrogens (tertiary/aromatic N) is 1. The first-order chi connectivity index (χ1) is 10.0. The van der Waals surface area contributed by atoms with Gasteiger partial charge in [-0.1, -0.05) is 20.3 Å². The average Bonchev–Trinajstić information content (AvgIpc) is 2.61. The number of pyridine rings is 1. The molecule has 1 aliphatic carbocycles. The number of aromatic nitrogens is 1. The Balaban J connectivity index is 1.93. The van der Waals surface area contributed by atoms with E-state index in [9.17, 15) is 4.79 Å². The summed E-state index contributed by atoms with van der Waals surface area (Å²) in [6.45, 7) is 6.44. The van der Waals surface area contributed by atoms with Crippen molar-refractivity contribution in [1.29, 1.82) is 0 Å². The second-order valence-electron chi connectivity index (χ2n) is 6.77. The van der Waals surface area contributed by atoms with Gasteiger partial charge < -0.3 is 10.1 Å². The van der Waals surface area contributed by atoms with E-state index in [1.165, 1.54) is 6.42 Å². The first kappa shape index (κ1) is 14.4. The smallest absolute Gasteiger partial charge is 0.268 e. The van der Waals surface area contributed by atoms with Crippen molar-refractivity contribution in [2.75, 3.05) is 5.32 Å². The van der Waals surface area contributed by atoms with Crippen LogP contribution in [0.5, 0.6) is 5.88 Å². The van der Waals surface area contributed by atoms with Crippen molar-refractivity contribution < 1.29 is 9.53 Å². The molecule has 1 fully saturated rings. The quantitative estimate of drug-likeness (QED) is 0.857. The predicted octanol–water partition coefficient (Wildman–Crippen LogP) is 3.70. The molecule has 1 N–H and O–H groups in total. The van der Waals surface area contributed by atoms with Crippen LogP contribution in [-0.2, 0) is 4.79 Å². The van der Waals surface area contributed by atoms with E-state index in [1.807, 2.05) is 13.0 Å². The lowest BCUT2D eigenvalue weighted by Crippen LogP contribution is -2.51. The second kappa shape index (κ2) is 5.32. The number of aryl methyl sites for hydroxylation is 1. The van der Waals surface area contributed by atoms with Crippen LogP contribution >= 0.6 is 0 Å². The molecule has 1 aromatic rings. The van der Waals surface area contributed by atoms with Gasteiger partial charge in [0.2, 0.25) is 5.88 Å². The van der Waals surface area contributed by atoms with Crippen LogP contribution in [0.15, 0.2) is 12.3 Å². The third kappa shape index (κ3) is 2.63. The minimum Gasteiger partial charge on any atom is -0.459 e. The Morgan fingerprint density at radius 2 is 2.33 bits per heavy atom. The van der Waals surface area contributed by atoms with Crippen molar-refractivity contribution in [1.82, 2.24) is 4.98 Å². The van der Waals surface area contributed by atoms with Gasteiger partial charge in [-0.25, -0.2) is 4.98 Å². The van der Waals surface area contributed by atoms with E-state index in [4.69, 9.17) is 4.74 Å². The van der Waals surface area contributed by atoms with E-state index < -0.39 is 5.60 Å². The Kier molecular flexibility index (Phi) is 3.64. The standard InChI is InChI=1S/C17H24N2O2/c1-4-13-7-11(2)5-6-17(9-13)16(20)19-14-8-12(3)10-18-15(14)21-17/h8,10-11,13H,4-7,9H2,1-3H3,(H,19,20). The number of amides is 1. The average molecular weight is 288 g/mol. The van der Waals surface area contributed by atoms with Crippen LogP contribution in [0.3, 0.4) is 0 Å². The molecule has 0 aromatic carbocycles. The van der Waals surface area contributed by atoms with E-state index in [2.05, 4.69) is 24.1 Å². The number of carbonyl (C=O) groups is 1. The summed E-state index contributed by atoms with van der Waals surface area (Å²) in [6, 6.07) is 1.92. The lowest BCUT2D eigenvalue weighted by Gasteiger charge is -2.37. The van der Waals surface area contributed by atoms with Gasteiger partial charge in [0.15, 0.2) is 5.60 Å². The van der Waals surface area contributed by atoms with E-state index in [0.29, 0.717) is 23.4 Å². The van der Waals surface area contributed by atoms with Gasteiger partial charge in [0.1, 0.15) is 5.69 Å². The fourth-order valence-electron chi connectivity index (χ4n) is 3.62. The molecule has 0 bridgehead atoms. The Hall–Kier alpha value is -1.58. The predicted molar refractivity (Wildman–Crippen MR) is 82.4 cm³/mol. The molecule has 3 rings (SSSR count). The van der Waals surface area contributed by atoms with Crippen LogP contribution < -0.4 is 10.1 Å². The van der Waals surface area contributed by atoms with E-state index in [-0.39, 0.29) is 5.91 Å². The molecule has 0 radical (unpaired) electrons. The lowest BCUT2D eigenvalue weighted by molar-refractivity contribution is -0.134. The largest absolute Gasteiger partial charge is 0.459 e. The first-order valence-electron chi connectivity index (χ1n) is 7.99. The molecule has 21 heavy (non-hydrogen) atoms. The Morgan fingerprint density at radius 1 is 1.52 bits per heavy atom. The first-order valence-corrected chi connectivity index (χ1v) is 7.99. The summed E-state index contributed by atoms with van der Waals surface area (Å²) in [5.41, 5.74) is 1.01. The molecular weight excluding hydrogens is 264 g/mol. The van der Waals surface area contributed by atoms with Crippen molar-refractivity contribution in [3.63, 3.8) is 0 Å². The molecule has 1 aliphatic heterocycles. The van der Waals surface area contributed by atoms with E-state index in [1.54, 1.807) is 6.20 Å². The van der Waals surface area contributed by atoms with Gasteiger partial charge in [-0.3, -0.25) is 4.79 Å². The van der Waals surface area contributed by atoms with Crippen molar-refractivity contribution in [3.8, 4) is 5.88 Å². The molecule has 4 heteroatoms. The summed E-state index contributed by atoms with van der Waals surface area (Å²) in [4.78, 5) is 17.1. The summed E-state index contributed by atoms with van der Waals surface area (Å²) in [5, 5.41) is 3.02. The summed E-state index contributed by atoms with van der Waals surface area (Å²) < 4.78 is 6.16. The number of ether oxygens (including phenoxy) is 1. The molecule has 0 saturated heterocycles. The fraction of sp³-hybridized carbons (Fsp3) is 0.647. The van der Waals surface area contributed by atoms with Crippen LogP contribution in [-0.4, -0.2) is 16.5 Å². The minimum absolute atomic E-state index is 0.00921. The Bertz CT molecular complexity index is 558. The van der Waals surface area contributed by atoms with Crippen LogP contribution in [0, 0.1) is 18.8 Å². The highest BCUT2D eigenvalue weighted by Gasteiger charge is 2.47. The highest BCUT2D eigenvalue weighted by Crippen LogP contribution is 2.42. The second-order valence-corrected chi connectivity index (χ2v) is 6.77. The van der Waals surface area contributed by atoms with Crippen molar-refractivity contribution >= 4 is 11.6 Å². The molecule has 1 saturated carbocycles. The van der Waals surface area contributed by atoms with Gasteiger partial charge in [0.05, 0.1) is 0 Å². The van der Waals surface area contributed by atoms with Crippen LogP contribution in [0.25, 0.3) is 0 Å². The third-order valence-corrected chi connectivity index (χ3v) is 4.91. The van der Waals surface area contributed by atoms with Crippen molar-refractivity contribution in [2.45, 2.75) is 58.5 Å². The van der Waals surface area contributed by atoms with Crippen LogP contribution in [0.2, 0.25) is 0 Å². The zero-order valence-corrected chi connectivity index (χ0v) is 13.1. The van der Waals surface area contributed by atoms with Crippen molar-refractivity contribution in [2.24, 2.45) is 11.8 Å². The third-order valence-electron chi connectivity index (χ3n) is 4.91. The summed E-state index contributed by atoms with van der Waals surface area (Å²) in [5.74, 6) is 1.78. The summed E-state index contributed by atoms with van der Waals surface area (Å²) in [6.07, 6.45) is 6.69. The van der Waals surface area contributed by atoms with Gasteiger partial charge >= 0.3 is 0 Å². The maximum atomic E-state index is 12.7. The Labute approximate surface area is 126 Å². The number of rotatable bonds is 1. The SMILES string of the molecule is CCC1CC(C)CCC2(C1)Oc1ncc(C)cc1NC2=O.